The lowest BCUT2D eigenvalue weighted by Crippen LogP contribution is -2.26. The molecule has 0 saturated heterocycles. The zero-order chi connectivity index (χ0) is 8.27. The smallest absolute Gasteiger partial charge is 0.191 e. The fourth-order valence-electron chi connectivity index (χ4n) is 0.928. The summed E-state index contributed by atoms with van der Waals surface area (Å²) in [5.74, 6) is 0.707. The van der Waals surface area contributed by atoms with Crippen molar-refractivity contribution in [2.24, 2.45) is 0 Å². The van der Waals surface area contributed by atoms with E-state index < -0.39 is 0 Å². The number of nitrogens with zero attached hydrogens (tertiary/aromatic N) is 3. The Morgan fingerprint density at radius 2 is 2.18 bits per heavy atom. The first-order chi connectivity index (χ1) is 5.20. The molecule has 66 valence electrons. The molecule has 2 N–H and O–H groups in total. The second kappa shape index (κ2) is 3.43. The Kier molecular flexibility index (Phi) is 2.53. The Hall–Kier alpha value is -0.970. The molecule has 1 atom stereocenters. The molecule has 0 aromatic carbocycles. The van der Waals surface area contributed by atoms with Gasteiger partial charge in [0.25, 0.3) is 0 Å². The average Bonchev–Trinajstić information content (AvgIpc) is 2.35. The van der Waals surface area contributed by atoms with Gasteiger partial charge in [0.15, 0.2) is 5.82 Å². The maximum Gasteiger partial charge on any atom is 0.191 e. The molecule has 5 nitrogen and oxygen atoms in total. The molecular formula is C6H17N5. The van der Waals surface area contributed by atoms with Crippen molar-refractivity contribution in [2.45, 2.75) is 32.9 Å². The minimum atomic E-state index is 0. The Bertz CT molecular complexity index is 201. The Morgan fingerprint density at radius 1 is 1.45 bits per heavy atom. The number of aromatic nitrogens is 4. The lowest BCUT2D eigenvalue weighted by molar-refractivity contribution is 0.487. The van der Waals surface area contributed by atoms with Gasteiger partial charge in [-0.3, -0.25) is 0 Å². The first-order valence-electron chi connectivity index (χ1n) is 3.69. The molecule has 11 heavy (non-hydrogen) atoms. The van der Waals surface area contributed by atoms with Crippen molar-refractivity contribution in [3.8, 4) is 0 Å². The van der Waals surface area contributed by atoms with Crippen LogP contribution in [0.3, 0.4) is 0 Å². The van der Waals surface area contributed by atoms with E-state index >= 15 is 0 Å². The van der Waals surface area contributed by atoms with E-state index in [4.69, 9.17) is 0 Å². The number of hydrogen-bond acceptors (Lipinski definition) is 4. The highest BCUT2D eigenvalue weighted by atomic mass is 15.5. The molecule has 0 radical (unpaired) electrons. The summed E-state index contributed by atoms with van der Waals surface area (Å²) in [5.41, 5.74) is 0. The lowest BCUT2D eigenvalue weighted by Gasteiger charge is -2.12. The van der Waals surface area contributed by atoms with E-state index in [1.54, 1.807) is 0 Å². The topological polar surface area (TPSA) is 66.5 Å². The van der Waals surface area contributed by atoms with Gasteiger partial charge in [-0.05, 0) is 6.92 Å². The average molecular weight is 159 g/mol. The minimum Gasteiger partial charge on any atom is -0.305 e. The molecule has 0 amide bonds. The van der Waals surface area contributed by atoms with Crippen LogP contribution < -0.4 is 5.32 Å². The molecule has 0 spiro atoms. The van der Waals surface area contributed by atoms with E-state index in [9.17, 15) is 0 Å². The third kappa shape index (κ3) is 2.27. The Labute approximate surface area is 68.5 Å². The zero-order valence-electron chi connectivity index (χ0n) is 7.00. The normalized spacial score (nSPS) is 13.8. The maximum absolute atomic E-state index is 3.86. The van der Waals surface area contributed by atoms with Crippen LogP contribution in [0.1, 0.15) is 35.5 Å². The molecule has 0 saturated carbocycles. The Balaban J connectivity index is 0. The zero-order valence-corrected chi connectivity index (χ0v) is 7.00. The molecule has 1 aromatic heterocycles. The van der Waals surface area contributed by atoms with Crippen LogP contribution in [0, 0.1) is 0 Å². The highest BCUT2D eigenvalue weighted by Gasteiger charge is 2.09. The quantitative estimate of drug-likeness (QED) is 0.683. The van der Waals surface area contributed by atoms with Crippen LogP contribution in [0.5, 0.6) is 0 Å². The van der Waals surface area contributed by atoms with Gasteiger partial charge in [-0.2, -0.15) is 5.21 Å². The molecule has 1 heterocycles. The predicted molar refractivity (Wildman–Crippen MR) is 45.1 cm³/mol. The highest BCUT2D eigenvalue weighted by molar-refractivity contribution is 4.86. The van der Waals surface area contributed by atoms with Crippen LogP contribution >= 0.6 is 0 Å². The summed E-state index contributed by atoms with van der Waals surface area (Å²) in [7, 11) is 0. The van der Waals surface area contributed by atoms with Crippen molar-refractivity contribution in [3.63, 3.8) is 0 Å². The van der Waals surface area contributed by atoms with Crippen LogP contribution in [0.2, 0.25) is 0 Å². The molecular weight excluding hydrogens is 142 g/mol. The summed E-state index contributed by atoms with van der Waals surface area (Å²) in [6.07, 6.45) is 0. The van der Waals surface area contributed by atoms with Gasteiger partial charge in [-0.15, -0.1) is 10.2 Å². The summed E-state index contributed by atoms with van der Waals surface area (Å²) in [6.45, 7) is 6.16. The monoisotopic (exact) mass is 159 g/mol. The molecule has 0 aliphatic rings. The van der Waals surface area contributed by atoms with Crippen LogP contribution in [0.15, 0.2) is 0 Å². The van der Waals surface area contributed by atoms with Crippen LogP contribution in [0.4, 0.5) is 0 Å². The van der Waals surface area contributed by atoms with Gasteiger partial charge in [-0.25, -0.2) is 0 Å². The van der Waals surface area contributed by atoms with Crippen molar-refractivity contribution >= 4 is 0 Å². The van der Waals surface area contributed by atoms with Gasteiger partial charge in [0.05, 0.1) is 6.04 Å². The Morgan fingerprint density at radius 3 is 2.64 bits per heavy atom. The minimum absolute atomic E-state index is 0. The number of rotatable bonds is 3. The van der Waals surface area contributed by atoms with E-state index in [2.05, 4.69) is 39.8 Å². The van der Waals surface area contributed by atoms with Crippen molar-refractivity contribution in [2.75, 3.05) is 0 Å². The molecule has 1 unspecified atom stereocenters. The van der Waals surface area contributed by atoms with E-state index in [-0.39, 0.29) is 8.90 Å². The van der Waals surface area contributed by atoms with Gasteiger partial charge in [-0.1, -0.05) is 19.1 Å². The number of H-pyrrole nitrogens is 1. The summed E-state index contributed by atoms with van der Waals surface area (Å²) in [4.78, 5) is 0. The third-order valence-corrected chi connectivity index (χ3v) is 1.33. The SMILES string of the molecule is CC(C)NC(C)c1nn[nH]n1.[HH].[HH]. The second-order valence-corrected chi connectivity index (χ2v) is 2.81. The van der Waals surface area contributed by atoms with Crippen LogP contribution in [-0.4, -0.2) is 26.7 Å². The van der Waals surface area contributed by atoms with Crippen molar-refractivity contribution in [1.82, 2.24) is 25.9 Å². The third-order valence-electron chi connectivity index (χ3n) is 1.33. The molecule has 5 heteroatoms. The maximum atomic E-state index is 3.86. The van der Waals surface area contributed by atoms with E-state index in [0.717, 1.165) is 0 Å². The number of tetrazole rings is 1. The number of nitrogens with one attached hydrogen (secondary N) is 2. The summed E-state index contributed by atoms with van der Waals surface area (Å²) >= 11 is 0. The molecule has 1 rings (SSSR count). The first-order valence-corrected chi connectivity index (χ1v) is 3.69. The number of aromatic amines is 1. The van der Waals surface area contributed by atoms with Gasteiger partial charge in [0.2, 0.25) is 0 Å². The van der Waals surface area contributed by atoms with Gasteiger partial charge in [0.1, 0.15) is 0 Å². The summed E-state index contributed by atoms with van der Waals surface area (Å²) in [5, 5.41) is 16.9. The number of hydrogen-bond donors (Lipinski definition) is 2. The highest BCUT2D eigenvalue weighted by Crippen LogP contribution is 2.03. The second-order valence-electron chi connectivity index (χ2n) is 2.81. The standard InChI is InChI=1S/C6H13N5.2H2/c1-4(2)7-5(3)6-8-10-11-9-6;;/h4-5,7H,1-3H3,(H,8,9,10,11);2*1H. The van der Waals surface area contributed by atoms with Crippen molar-refractivity contribution < 1.29 is 2.85 Å². The predicted octanol–water partition coefficient (Wildman–Crippen LogP) is 0.751. The molecule has 0 aliphatic heterocycles. The van der Waals surface area contributed by atoms with Crippen molar-refractivity contribution in [3.05, 3.63) is 5.82 Å². The van der Waals surface area contributed by atoms with Crippen LogP contribution in [-0.2, 0) is 0 Å². The molecule has 1 aromatic rings. The summed E-state index contributed by atoms with van der Waals surface area (Å²) < 4.78 is 0. The van der Waals surface area contributed by atoms with E-state index in [1.807, 2.05) is 6.92 Å². The lowest BCUT2D eigenvalue weighted by atomic mass is 10.3. The first kappa shape index (κ1) is 8.13. The van der Waals surface area contributed by atoms with E-state index in [0.29, 0.717) is 11.9 Å². The van der Waals surface area contributed by atoms with Gasteiger partial charge in [0, 0.05) is 8.90 Å². The molecule has 0 fully saturated rings. The van der Waals surface area contributed by atoms with Gasteiger partial charge < -0.3 is 5.32 Å². The fraction of sp³-hybridized carbons (Fsp3) is 0.833. The van der Waals surface area contributed by atoms with Crippen molar-refractivity contribution in [1.29, 1.82) is 0 Å². The van der Waals surface area contributed by atoms with E-state index in [1.165, 1.54) is 0 Å². The van der Waals surface area contributed by atoms with Crippen LogP contribution in [0.25, 0.3) is 0 Å². The van der Waals surface area contributed by atoms with Gasteiger partial charge >= 0.3 is 0 Å². The summed E-state index contributed by atoms with van der Waals surface area (Å²) in [6, 6.07) is 0.595. The fourth-order valence-corrected chi connectivity index (χ4v) is 0.928. The molecule has 0 aliphatic carbocycles. The molecule has 0 bridgehead atoms. The largest absolute Gasteiger partial charge is 0.305 e.